The molecule has 1 N–H and O–H groups in total. The number of hydrogen-bond donors (Lipinski definition) is 1. The van der Waals surface area contributed by atoms with Gasteiger partial charge in [-0.2, -0.15) is 10.2 Å². The van der Waals surface area contributed by atoms with Gasteiger partial charge in [-0.3, -0.25) is 9.48 Å². The SMILES string of the molecule is CCOC(=O)c1cnn(-c2ccccc2)c1NC(=O)c1nn(C)c(C)c1Br. The first-order valence-electron chi connectivity index (χ1n) is 8.25. The second kappa shape index (κ2) is 7.75. The van der Waals surface area contributed by atoms with Crippen molar-refractivity contribution in [1.29, 1.82) is 0 Å². The van der Waals surface area contributed by atoms with Crippen LogP contribution >= 0.6 is 15.9 Å². The lowest BCUT2D eigenvalue weighted by atomic mass is 10.3. The van der Waals surface area contributed by atoms with Gasteiger partial charge in [0.15, 0.2) is 11.5 Å². The maximum atomic E-state index is 12.8. The number of halogens is 1. The molecule has 0 unspecified atom stereocenters. The molecule has 0 fully saturated rings. The van der Waals surface area contributed by atoms with Gasteiger partial charge in [0.2, 0.25) is 0 Å². The van der Waals surface area contributed by atoms with Crippen LogP contribution in [0.25, 0.3) is 5.69 Å². The van der Waals surface area contributed by atoms with E-state index in [-0.39, 0.29) is 23.7 Å². The van der Waals surface area contributed by atoms with Crippen molar-refractivity contribution in [3.63, 3.8) is 0 Å². The lowest BCUT2D eigenvalue weighted by Gasteiger charge is -2.10. The summed E-state index contributed by atoms with van der Waals surface area (Å²) in [6.45, 7) is 3.77. The Morgan fingerprint density at radius 2 is 1.96 bits per heavy atom. The van der Waals surface area contributed by atoms with Crippen molar-refractivity contribution < 1.29 is 14.3 Å². The minimum atomic E-state index is -0.564. The average Bonchev–Trinajstić information content (AvgIpc) is 3.19. The minimum Gasteiger partial charge on any atom is -0.462 e. The van der Waals surface area contributed by atoms with E-state index in [4.69, 9.17) is 4.74 Å². The van der Waals surface area contributed by atoms with Gasteiger partial charge in [0.1, 0.15) is 5.56 Å². The second-order valence-corrected chi connectivity index (χ2v) is 6.49. The smallest absolute Gasteiger partial charge is 0.343 e. The molecule has 3 rings (SSSR count). The lowest BCUT2D eigenvalue weighted by molar-refractivity contribution is 0.0527. The Hall–Kier alpha value is -2.94. The third kappa shape index (κ3) is 3.63. The van der Waals surface area contributed by atoms with Crippen LogP contribution in [0.2, 0.25) is 0 Å². The zero-order valence-corrected chi connectivity index (χ0v) is 16.6. The van der Waals surface area contributed by atoms with E-state index in [1.807, 2.05) is 37.3 Å². The predicted molar refractivity (Wildman–Crippen MR) is 103 cm³/mol. The second-order valence-electron chi connectivity index (χ2n) is 5.70. The molecule has 27 heavy (non-hydrogen) atoms. The van der Waals surface area contributed by atoms with Gasteiger partial charge in [0.25, 0.3) is 5.91 Å². The number of aromatic nitrogens is 4. The molecule has 0 bridgehead atoms. The highest BCUT2D eigenvalue weighted by atomic mass is 79.9. The zero-order valence-electron chi connectivity index (χ0n) is 15.1. The van der Waals surface area contributed by atoms with E-state index in [9.17, 15) is 9.59 Å². The van der Waals surface area contributed by atoms with Crippen molar-refractivity contribution in [2.24, 2.45) is 7.05 Å². The van der Waals surface area contributed by atoms with Crippen molar-refractivity contribution >= 4 is 33.6 Å². The topological polar surface area (TPSA) is 91.0 Å². The Morgan fingerprint density at radius 3 is 2.56 bits per heavy atom. The van der Waals surface area contributed by atoms with Crippen molar-refractivity contribution in [2.45, 2.75) is 13.8 Å². The van der Waals surface area contributed by atoms with Gasteiger partial charge in [-0.15, -0.1) is 0 Å². The van der Waals surface area contributed by atoms with Gasteiger partial charge in [0.05, 0.1) is 28.7 Å². The highest BCUT2D eigenvalue weighted by Crippen LogP contribution is 2.25. The lowest BCUT2D eigenvalue weighted by Crippen LogP contribution is -2.19. The minimum absolute atomic E-state index is 0.165. The summed E-state index contributed by atoms with van der Waals surface area (Å²) in [7, 11) is 1.75. The fourth-order valence-electron chi connectivity index (χ4n) is 2.49. The highest BCUT2D eigenvalue weighted by Gasteiger charge is 2.24. The highest BCUT2D eigenvalue weighted by molar-refractivity contribution is 9.10. The Morgan fingerprint density at radius 1 is 1.26 bits per heavy atom. The first-order chi connectivity index (χ1) is 12.9. The quantitative estimate of drug-likeness (QED) is 0.626. The summed E-state index contributed by atoms with van der Waals surface area (Å²) in [6.07, 6.45) is 1.37. The molecule has 2 heterocycles. The number of esters is 1. The molecule has 1 amide bonds. The summed E-state index contributed by atoms with van der Waals surface area (Å²) >= 11 is 3.38. The molecule has 0 aliphatic heterocycles. The van der Waals surface area contributed by atoms with E-state index in [1.165, 1.54) is 10.9 Å². The molecule has 0 saturated heterocycles. The summed E-state index contributed by atoms with van der Waals surface area (Å²) in [6, 6.07) is 9.18. The van der Waals surface area contributed by atoms with Crippen LogP contribution in [-0.4, -0.2) is 38.0 Å². The van der Waals surface area contributed by atoms with Crippen molar-refractivity contribution in [2.75, 3.05) is 11.9 Å². The van der Waals surface area contributed by atoms with Crippen LogP contribution in [-0.2, 0) is 11.8 Å². The first kappa shape index (κ1) is 18.8. The van der Waals surface area contributed by atoms with Crippen molar-refractivity contribution in [1.82, 2.24) is 19.6 Å². The van der Waals surface area contributed by atoms with Gasteiger partial charge in [0, 0.05) is 7.05 Å². The number of aryl methyl sites for hydroxylation is 1. The monoisotopic (exact) mass is 431 g/mol. The number of benzene rings is 1. The van der Waals surface area contributed by atoms with Crippen molar-refractivity contribution in [3.8, 4) is 5.69 Å². The third-order valence-corrected chi connectivity index (χ3v) is 4.92. The number of nitrogens with zero attached hydrogens (tertiary/aromatic N) is 4. The van der Waals surface area contributed by atoms with Gasteiger partial charge in [-0.25, -0.2) is 9.48 Å². The van der Waals surface area contributed by atoms with Crippen LogP contribution < -0.4 is 5.32 Å². The van der Waals surface area contributed by atoms with Crippen LogP contribution in [0.1, 0.15) is 33.5 Å². The van der Waals surface area contributed by atoms with E-state index >= 15 is 0 Å². The first-order valence-corrected chi connectivity index (χ1v) is 9.04. The summed E-state index contributed by atoms with van der Waals surface area (Å²) in [5.41, 5.74) is 1.88. The zero-order chi connectivity index (χ0) is 19.6. The Kier molecular flexibility index (Phi) is 5.41. The molecule has 0 aliphatic rings. The number of rotatable bonds is 5. The van der Waals surface area contributed by atoms with E-state index in [2.05, 4.69) is 31.4 Å². The van der Waals surface area contributed by atoms with E-state index in [0.717, 1.165) is 5.69 Å². The van der Waals surface area contributed by atoms with Crippen LogP contribution in [0.4, 0.5) is 5.82 Å². The number of ether oxygens (including phenoxy) is 1. The van der Waals surface area contributed by atoms with E-state index in [0.29, 0.717) is 10.2 Å². The molecule has 8 nitrogen and oxygen atoms in total. The van der Waals surface area contributed by atoms with Crippen LogP contribution in [0, 0.1) is 6.92 Å². The maximum absolute atomic E-state index is 12.8. The molecule has 0 spiro atoms. The molecule has 0 radical (unpaired) electrons. The molecule has 2 aromatic heterocycles. The van der Waals surface area contributed by atoms with Crippen LogP contribution in [0.15, 0.2) is 41.0 Å². The fraction of sp³-hybridized carbons (Fsp3) is 0.222. The Balaban J connectivity index is 2.04. The van der Waals surface area contributed by atoms with Crippen LogP contribution in [0.5, 0.6) is 0 Å². The summed E-state index contributed by atoms with van der Waals surface area (Å²) < 4.78 is 8.75. The molecular weight excluding hydrogens is 414 g/mol. The summed E-state index contributed by atoms with van der Waals surface area (Å²) in [5.74, 6) is -0.806. The predicted octanol–water partition coefficient (Wildman–Crippen LogP) is 3.11. The molecule has 0 atom stereocenters. The van der Waals surface area contributed by atoms with Gasteiger partial charge in [-0.05, 0) is 41.9 Å². The number of para-hydroxylation sites is 1. The fourth-order valence-corrected chi connectivity index (χ4v) is 3.00. The standard InChI is InChI=1S/C18H18BrN5O3/c1-4-27-18(26)13-10-20-24(12-8-6-5-7-9-12)16(13)21-17(25)15-14(19)11(2)23(3)22-15/h5-10H,4H2,1-3H3,(H,21,25). The van der Waals surface area contributed by atoms with Crippen LogP contribution in [0.3, 0.4) is 0 Å². The largest absolute Gasteiger partial charge is 0.462 e. The number of anilines is 1. The third-order valence-electron chi connectivity index (χ3n) is 3.97. The molecule has 9 heteroatoms. The number of amides is 1. The normalized spacial score (nSPS) is 10.7. The summed E-state index contributed by atoms with van der Waals surface area (Å²) in [5, 5.41) is 11.2. The molecule has 0 aliphatic carbocycles. The average molecular weight is 432 g/mol. The number of carbonyl (C=O) groups excluding carboxylic acids is 2. The van der Waals surface area contributed by atoms with E-state index in [1.54, 1.807) is 18.7 Å². The number of hydrogen-bond acceptors (Lipinski definition) is 5. The Labute approximate surface area is 164 Å². The molecule has 3 aromatic rings. The number of nitrogens with one attached hydrogen (secondary N) is 1. The van der Waals surface area contributed by atoms with Gasteiger partial charge in [-0.1, -0.05) is 18.2 Å². The summed E-state index contributed by atoms with van der Waals surface area (Å²) in [4.78, 5) is 25.1. The molecule has 1 aromatic carbocycles. The Bertz CT molecular complexity index is 994. The van der Waals surface area contributed by atoms with Gasteiger partial charge >= 0.3 is 5.97 Å². The van der Waals surface area contributed by atoms with Gasteiger partial charge < -0.3 is 10.1 Å². The number of carbonyl (C=O) groups is 2. The van der Waals surface area contributed by atoms with E-state index < -0.39 is 11.9 Å². The molecule has 140 valence electrons. The van der Waals surface area contributed by atoms with Crippen molar-refractivity contribution in [3.05, 3.63) is 58.0 Å². The molecular formula is C18H18BrN5O3. The molecule has 0 saturated carbocycles. The maximum Gasteiger partial charge on any atom is 0.343 e.